The molecule has 2 amide bonds. The van der Waals surface area contributed by atoms with Crippen LogP contribution in [0.1, 0.15) is 18.9 Å². The third kappa shape index (κ3) is 6.75. The number of amides is 2. The SMILES string of the molecule is CC[C@H](C(=O)NC)N(Cc1ccc(Cl)cc1)C(=O)CN(c1ccc(Cl)cc1Cl)S(C)(=O)=O. The molecule has 0 saturated carbocycles. The molecule has 0 heterocycles. The molecule has 1 N–H and O–H groups in total. The molecule has 174 valence electrons. The molecule has 1 atom stereocenters. The quantitative estimate of drug-likeness (QED) is 0.542. The first kappa shape index (κ1) is 26.3. The molecule has 0 aliphatic carbocycles. The number of likely N-dealkylation sites (N-methyl/N-ethyl adjacent to an activating group) is 1. The highest BCUT2D eigenvalue weighted by atomic mass is 35.5. The molecule has 2 aromatic carbocycles. The lowest BCUT2D eigenvalue weighted by atomic mass is 10.1. The molecule has 7 nitrogen and oxygen atoms in total. The van der Waals surface area contributed by atoms with Crippen molar-refractivity contribution in [3.63, 3.8) is 0 Å². The predicted octanol–water partition coefficient (Wildman–Crippen LogP) is 3.97. The van der Waals surface area contributed by atoms with E-state index < -0.39 is 28.5 Å². The van der Waals surface area contributed by atoms with Crippen molar-refractivity contribution >= 4 is 62.3 Å². The zero-order valence-electron chi connectivity index (χ0n) is 17.8. The summed E-state index contributed by atoms with van der Waals surface area (Å²) < 4.78 is 25.9. The molecular formula is C21H24Cl3N3O4S. The van der Waals surface area contributed by atoms with Gasteiger partial charge in [0.25, 0.3) is 0 Å². The van der Waals surface area contributed by atoms with E-state index in [4.69, 9.17) is 34.8 Å². The highest BCUT2D eigenvalue weighted by molar-refractivity contribution is 7.92. The number of nitrogens with one attached hydrogen (secondary N) is 1. The molecule has 0 fully saturated rings. The summed E-state index contributed by atoms with van der Waals surface area (Å²) in [4.78, 5) is 27.2. The Kier molecular flexibility index (Phi) is 9.21. The van der Waals surface area contributed by atoms with Crippen molar-refractivity contribution in [3.05, 3.63) is 63.1 Å². The van der Waals surface area contributed by atoms with Crippen LogP contribution in [0.2, 0.25) is 15.1 Å². The van der Waals surface area contributed by atoms with Crippen LogP contribution in [0.3, 0.4) is 0 Å². The Bertz CT molecular complexity index is 1080. The van der Waals surface area contributed by atoms with E-state index in [2.05, 4.69) is 5.32 Å². The number of hydrogen-bond donors (Lipinski definition) is 1. The number of benzene rings is 2. The summed E-state index contributed by atoms with van der Waals surface area (Å²) in [6.07, 6.45) is 1.31. The fraction of sp³-hybridized carbons (Fsp3) is 0.333. The minimum atomic E-state index is -3.88. The van der Waals surface area contributed by atoms with Gasteiger partial charge in [-0.25, -0.2) is 8.42 Å². The average molecular weight is 521 g/mol. The Hall–Kier alpha value is -2.00. The first-order chi connectivity index (χ1) is 15.0. The Morgan fingerprint density at radius 3 is 2.12 bits per heavy atom. The second-order valence-electron chi connectivity index (χ2n) is 7.05. The van der Waals surface area contributed by atoms with Crippen LogP contribution in [-0.2, 0) is 26.2 Å². The summed E-state index contributed by atoms with van der Waals surface area (Å²) in [6, 6.07) is 10.3. The number of nitrogens with zero attached hydrogens (tertiary/aromatic N) is 2. The van der Waals surface area contributed by atoms with E-state index in [0.717, 1.165) is 16.1 Å². The Balaban J connectivity index is 2.45. The van der Waals surface area contributed by atoms with Crippen molar-refractivity contribution in [2.45, 2.75) is 25.9 Å². The number of rotatable bonds is 9. The zero-order valence-corrected chi connectivity index (χ0v) is 20.9. The second kappa shape index (κ2) is 11.2. The van der Waals surface area contributed by atoms with Gasteiger partial charge in [0.05, 0.1) is 17.0 Å². The Morgan fingerprint density at radius 1 is 1.03 bits per heavy atom. The average Bonchev–Trinajstić information content (AvgIpc) is 2.72. The van der Waals surface area contributed by atoms with Gasteiger partial charge in [0.15, 0.2) is 0 Å². The van der Waals surface area contributed by atoms with Gasteiger partial charge in [-0.1, -0.05) is 53.9 Å². The van der Waals surface area contributed by atoms with Gasteiger partial charge in [-0.05, 0) is 42.3 Å². The molecule has 2 rings (SSSR count). The normalized spacial score (nSPS) is 12.2. The van der Waals surface area contributed by atoms with Crippen molar-refractivity contribution in [2.24, 2.45) is 0 Å². The first-order valence-electron chi connectivity index (χ1n) is 9.66. The maximum Gasteiger partial charge on any atom is 0.244 e. The van der Waals surface area contributed by atoms with Crippen LogP contribution in [0.4, 0.5) is 5.69 Å². The Morgan fingerprint density at radius 2 is 1.62 bits per heavy atom. The number of carbonyl (C=O) groups excluding carboxylic acids is 2. The van der Waals surface area contributed by atoms with Crippen molar-refractivity contribution in [1.82, 2.24) is 10.2 Å². The fourth-order valence-corrected chi connectivity index (χ4v) is 4.70. The highest BCUT2D eigenvalue weighted by Crippen LogP contribution is 2.30. The van der Waals surface area contributed by atoms with Gasteiger partial charge in [0.2, 0.25) is 21.8 Å². The zero-order chi connectivity index (χ0) is 24.1. The van der Waals surface area contributed by atoms with Gasteiger partial charge in [-0.15, -0.1) is 0 Å². The van der Waals surface area contributed by atoms with Crippen molar-refractivity contribution < 1.29 is 18.0 Å². The van der Waals surface area contributed by atoms with Crippen molar-refractivity contribution in [3.8, 4) is 0 Å². The van der Waals surface area contributed by atoms with Gasteiger partial charge < -0.3 is 10.2 Å². The third-order valence-electron chi connectivity index (χ3n) is 4.76. The summed E-state index contributed by atoms with van der Waals surface area (Å²) >= 11 is 18.1. The summed E-state index contributed by atoms with van der Waals surface area (Å²) in [7, 11) is -2.40. The second-order valence-corrected chi connectivity index (χ2v) is 10.2. The molecule has 0 aliphatic rings. The van der Waals surface area contributed by atoms with Crippen LogP contribution in [0.5, 0.6) is 0 Å². The van der Waals surface area contributed by atoms with E-state index >= 15 is 0 Å². The predicted molar refractivity (Wildman–Crippen MR) is 129 cm³/mol. The lowest BCUT2D eigenvalue weighted by Crippen LogP contribution is -2.51. The van der Waals surface area contributed by atoms with E-state index in [1.54, 1.807) is 31.2 Å². The van der Waals surface area contributed by atoms with Gasteiger partial charge in [0, 0.05) is 23.6 Å². The maximum absolute atomic E-state index is 13.4. The van der Waals surface area contributed by atoms with E-state index in [1.807, 2.05) is 0 Å². The molecule has 0 radical (unpaired) electrons. The molecule has 0 aliphatic heterocycles. The molecule has 11 heteroatoms. The largest absolute Gasteiger partial charge is 0.357 e. The van der Waals surface area contributed by atoms with Crippen LogP contribution in [0.15, 0.2) is 42.5 Å². The van der Waals surface area contributed by atoms with Crippen molar-refractivity contribution in [1.29, 1.82) is 0 Å². The maximum atomic E-state index is 13.4. The summed E-state index contributed by atoms with van der Waals surface area (Å²) in [5.74, 6) is -0.919. The van der Waals surface area contributed by atoms with E-state index in [1.165, 1.54) is 30.1 Å². The van der Waals surface area contributed by atoms with Gasteiger partial charge in [-0.3, -0.25) is 13.9 Å². The van der Waals surface area contributed by atoms with Gasteiger partial charge >= 0.3 is 0 Å². The number of halogens is 3. The lowest BCUT2D eigenvalue weighted by molar-refractivity contribution is -0.140. The molecule has 32 heavy (non-hydrogen) atoms. The van der Waals surface area contributed by atoms with Crippen LogP contribution in [-0.4, -0.2) is 51.0 Å². The molecular weight excluding hydrogens is 497 g/mol. The molecule has 0 bridgehead atoms. The number of anilines is 1. The summed E-state index contributed by atoms with van der Waals surface area (Å²) in [5.41, 5.74) is 0.854. The van der Waals surface area contributed by atoms with E-state index in [0.29, 0.717) is 16.5 Å². The Labute approximate surface area is 203 Å². The highest BCUT2D eigenvalue weighted by Gasteiger charge is 2.31. The molecule has 0 unspecified atom stereocenters. The van der Waals surface area contributed by atoms with E-state index in [9.17, 15) is 18.0 Å². The first-order valence-corrected chi connectivity index (χ1v) is 12.6. The molecule has 0 saturated heterocycles. The van der Waals surface area contributed by atoms with Gasteiger partial charge in [0.1, 0.15) is 12.6 Å². The topological polar surface area (TPSA) is 86.8 Å². The van der Waals surface area contributed by atoms with Crippen LogP contribution < -0.4 is 9.62 Å². The standard InChI is InChI=1S/C21H24Cl3N3O4S/c1-4-18(21(29)25-2)26(12-14-5-7-15(22)8-6-14)20(28)13-27(32(3,30)31)19-10-9-16(23)11-17(19)24/h5-11,18H,4,12-13H2,1-3H3,(H,25,29)/t18-/m1/s1. The minimum absolute atomic E-state index is 0.0818. The summed E-state index contributed by atoms with van der Waals surface area (Å²) in [5, 5.41) is 3.50. The van der Waals surface area contributed by atoms with E-state index in [-0.39, 0.29) is 23.2 Å². The molecule has 2 aromatic rings. The number of hydrogen-bond acceptors (Lipinski definition) is 4. The smallest absolute Gasteiger partial charge is 0.244 e. The van der Waals surface area contributed by atoms with Gasteiger partial charge in [-0.2, -0.15) is 0 Å². The van der Waals surface area contributed by atoms with Crippen molar-refractivity contribution in [2.75, 3.05) is 24.2 Å². The number of sulfonamides is 1. The fourth-order valence-electron chi connectivity index (χ4n) is 3.15. The molecule has 0 spiro atoms. The minimum Gasteiger partial charge on any atom is -0.357 e. The third-order valence-corrected chi connectivity index (χ3v) is 6.67. The van der Waals surface area contributed by atoms with Crippen LogP contribution >= 0.6 is 34.8 Å². The van der Waals surface area contributed by atoms with Crippen LogP contribution in [0.25, 0.3) is 0 Å². The summed E-state index contributed by atoms with van der Waals surface area (Å²) in [6.45, 7) is 1.32. The van der Waals surface area contributed by atoms with Crippen LogP contribution in [0, 0.1) is 0 Å². The lowest BCUT2D eigenvalue weighted by Gasteiger charge is -2.32. The molecule has 0 aromatic heterocycles. The monoisotopic (exact) mass is 519 g/mol. The number of carbonyl (C=O) groups is 2.